The molecular weight excluding hydrogens is 344 g/mol. The van der Waals surface area contributed by atoms with E-state index in [0.29, 0.717) is 18.0 Å². The highest BCUT2D eigenvalue weighted by Gasteiger charge is 2.26. The first-order chi connectivity index (χ1) is 13.2. The monoisotopic (exact) mass is 376 g/mol. The molecule has 6 nitrogen and oxygen atoms in total. The highest BCUT2D eigenvalue weighted by molar-refractivity contribution is 5.78. The number of rotatable bonds is 7. The number of nitrogens with zero attached hydrogens (tertiary/aromatic N) is 1. The fraction of sp³-hybridized carbons (Fsp3) is 0.667. The van der Waals surface area contributed by atoms with E-state index in [1.165, 1.54) is 19.3 Å². The topological polar surface area (TPSA) is 60.0 Å². The molecule has 1 saturated carbocycles. The van der Waals surface area contributed by atoms with Gasteiger partial charge in [0.25, 0.3) is 0 Å². The van der Waals surface area contributed by atoms with Crippen LogP contribution in [0.25, 0.3) is 0 Å². The molecule has 3 rings (SSSR count). The highest BCUT2D eigenvalue weighted by atomic mass is 16.5. The Morgan fingerprint density at radius 1 is 1.15 bits per heavy atom. The fourth-order valence-electron chi connectivity index (χ4n) is 4.11. The zero-order chi connectivity index (χ0) is 19.1. The van der Waals surface area contributed by atoms with E-state index in [4.69, 9.17) is 14.2 Å². The quantitative estimate of drug-likeness (QED) is 0.793. The van der Waals surface area contributed by atoms with Crippen LogP contribution in [-0.4, -0.2) is 57.9 Å². The Kier molecular flexibility index (Phi) is 7.35. The predicted molar refractivity (Wildman–Crippen MR) is 104 cm³/mol. The van der Waals surface area contributed by atoms with E-state index < -0.39 is 0 Å². The third-order valence-electron chi connectivity index (χ3n) is 5.72. The van der Waals surface area contributed by atoms with Gasteiger partial charge in [-0.3, -0.25) is 9.69 Å². The van der Waals surface area contributed by atoms with Crippen molar-refractivity contribution in [3.8, 4) is 11.5 Å². The molecular formula is C21H32N2O4. The van der Waals surface area contributed by atoms with E-state index >= 15 is 0 Å². The second-order valence-corrected chi connectivity index (χ2v) is 7.36. The van der Waals surface area contributed by atoms with Gasteiger partial charge in [-0.2, -0.15) is 0 Å². The summed E-state index contributed by atoms with van der Waals surface area (Å²) in [6.07, 6.45) is 5.63. The summed E-state index contributed by atoms with van der Waals surface area (Å²) in [6.45, 7) is 3.77. The Bertz CT molecular complexity index is 610. The van der Waals surface area contributed by atoms with Crippen molar-refractivity contribution in [1.82, 2.24) is 10.2 Å². The van der Waals surface area contributed by atoms with Crippen molar-refractivity contribution in [2.45, 2.75) is 38.1 Å². The number of nitrogens with one attached hydrogen (secondary N) is 1. The molecule has 2 fully saturated rings. The molecule has 1 aliphatic carbocycles. The predicted octanol–water partition coefficient (Wildman–Crippen LogP) is 2.77. The molecule has 1 aromatic carbocycles. The van der Waals surface area contributed by atoms with Gasteiger partial charge >= 0.3 is 0 Å². The molecule has 1 N–H and O–H groups in total. The molecule has 1 heterocycles. The van der Waals surface area contributed by atoms with Crippen LogP contribution in [0.5, 0.6) is 11.5 Å². The maximum Gasteiger partial charge on any atom is 0.223 e. The van der Waals surface area contributed by atoms with Gasteiger partial charge in [0.05, 0.1) is 33.5 Å². The van der Waals surface area contributed by atoms with E-state index in [1.807, 2.05) is 12.1 Å². The molecule has 6 heteroatoms. The average Bonchev–Trinajstić information content (AvgIpc) is 2.75. The largest absolute Gasteiger partial charge is 0.493 e. The van der Waals surface area contributed by atoms with Crippen molar-refractivity contribution in [3.63, 3.8) is 0 Å². The lowest BCUT2D eigenvalue weighted by Gasteiger charge is -2.35. The van der Waals surface area contributed by atoms with Crippen molar-refractivity contribution in [3.05, 3.63) is 23.8 Å². The molecule has 1 unspecified atom stereocenters. The molecule has 150 valence electrons. The van der Waals surface area contributed by atoms with Crippen LogP contribution in [-0.2, 0) is 9.53 Å². The van der Waals surface area contributed by atoms with Crippen LogP contribution >= 0.6 is 0 Å². The van der Waals surface area contributed by atoms with Crippen LogP contribution in [0.3, 0.4) is 0 Å². The van der Waals surface area contributed by atoms with Crippen molar-refractivity contribution >= 4 is 5.91 Å². The van der Waals surface area contributed by atoms with Crippen LogP contribution < -0.4 is 14.8 Å². The first-order valence-electron chi connectivity index (χ1n) is 10.0. The summed E-state index contributed by atoms with van der Waals surface area (Å²) in [5.74, 6) is 1.81. The summed E-state index contributed by atoms with van der Waals surface area (Å²) in [7, 11) is 3.29. The smallest absolute Gasteiger partial charge is 0.223 e. The van der Waals surface area contributed by atoms with Crippen molar-refractivity contribution < 1.29 is 19.0 Å². The van der Waals surface area contributed by atoms with Crippen molar-refractivity contribution in [2.75, 3.05) is 47.1 Å². The maximum atomic E-state index is 12.6. The number of methoxy groups -OCH3 is 2. The van der Waals surface area contributed by atoms with Gasteiger partial charge in [0.2, 0.25) is 5.91 Å². The lowest BCUT2D eigenvalue weighted by atomic mass is 9.88. The first-order valence-corrected chi connectivity index (χ1v) is 10.0. The summed E-state index contributed by atoms with van der Waals surface area (Å²) in [5, 5.41) is 3.22. The van der Waals surface area contributed by atoms with Gasteiger partial charge in [0, 0.05) is 25.6 Å². The van der Waals surface area contributed by atoms with E-state index in [-0.39, 0.29) is 17.9 Å². The summed E-state index contributed by atoms with van der Waals surface area (Å²) >= 11 is 0. The number of amides is 1. The third kappa shape index (κ3) is 5.14. The minimum Gasteiger partial charge on any atom is -0.493 e. The van der Waals surface area contributed by atoms with Crippen LogP contribution in [0, 0.1) is 5.92 Å². The summed E-state index contributed by atoms with van der Waals surface area (Å²) in [6, 6.07) is 6.12. The first kappa shape index (κ1) is 20.0. The molecule has 0 spiro atoms. The lowest BCUT2D eigenvalue weighted by Crippen LogP contribution is -2.44. The number of carbonyl (C=O) groups excluding carboxylic acids is 1. The third-order valence-corrected chi connectivity index (χ3v) is 5.72. The number of benzene rings is 1. The van der Waals surface area contributed by atoms with Crippen molar-refractivity contribution in [1.29, 1.82) is 0 Å². The Balaban J connectivity index is 1.73. The second-order valence-electron chi connectivity index (χ2n) is 7.36. The Hall–Kier alpha value is -1.79. The van der Waals surface area contributed by atoms with Gasteiger partial charge in [-0.15, -0.1) is 0 Å². The normalized spacial score (nSPS) is 20.1. The van der Waals surface area contributed by atoms with Gasteiger partial charge in [-0.1, -0.05) is 25.3 Å². The van der Waals surface area contributed by atoms with E-state index in [0.717, 1.165) is 44.7 Å². The van der Waals surface area contributed by atoms with Gasteiger partial charge in [-0.05, 0) is 30.5 Å². The van der Waals surface area contributed by atoms with Crippen LogP contribution in [0.4, 0.5) is 0 Å². The molecule has 27 heavy (non-hydrogen) atoms. The minimum absolute atomic E-state index is 0.0984. The Labute approximate surface area is 162 Å². The fourth-order valence-corrected chi connectivity index (χ4v) is 4.11. The lowest BCUT2D eigenvalue weighted by molar-refractivity contribution is -0.126. The zero-order valence-corrected chi connectivity index (χ0v) is 16.5. The van der Waals surface area contributed by atoms with E-state index in [1.54, 1.807) is 14.2 Å². The Morgan fingerprint density at radius 3 is 2.52 bits per heavy atom. The number of hydrogen-bond donors (Lipinski definition) is 1. The number of hydrogen-bond acceptors (Lipinski definition) is 5. The van der Waals surface area contributed by atoms with Gasteiger partial charge in [0.15, 0.2) is 11.5 Å². The van der Waals surface area contributed by atoms with Crippen molar-refractivity contribution in [2.24, 2.45) is 5.92 Å². The standard InChI is InChI=1S/C21H32N2O4/c1-25-19-9-8-17(14-20(19)26-2)18(23-10-12-27-13-11-23)15-22-21(24)16-6-4-3-5-7-16/h8-9,14,16,18H,3-7,10-13,15H2,1-2H3,(H,22,24). The molecule has 1 atom stereocenters. The molecule has 1 amide bonds. The minimum atomic E-state index is 0.0984. The number of ether oxygens (including phenoxy) is 3. The van der Waals surface area contributed by atoms with Gasteiger partial charge < -0.3 is 19.5 Å². The average molecular weight is 376 g/mol. The highest BCUT2D eigenvalue weighted by Crippen LogP contribution is 2.32. The molecule has 0 aromatic heterocycles. The molecule has 0 bridgehead atoms. The Morgan fingerprint density at radius 2 is 1.85 bits per heavy atom. The zero-order valence-electron chi connectivity index (χ0n) is 16.5. The van der Waals surface area contributed by atoms with Crippen LogP contribution in [0.1, 0.15) is 43.7 Å². The molecule has 1 saturated heterocycles. The van der Waals surface area contributed by atoms with E-state index in [9.17, 15) is 4.79 Å². The number of morpholine rings is 1. The molecule has 2 aliphatic rings. The van der Waals surface area contributed by atoms with Crippen LogP contribution in [0.2, 0.25) is 0 Å². The second kappa shape index (κ2) is 9.95. The maximum absolute atomic E-state index is 12.6. The van der Waals surface area contributed by atoms with Gasteiger partial charge in [0.1, 0.15) is 0 Å². The summed E-state index contributed by atoms with van der Waals surface area (Å²) in [4.78, 5) is 15.0. The molecule has 1 aromatic rings. The SMILES string of the molecule is COc1ccc(C(CNC(=O)C2CCCCC2)N2CCOCC2)cc1OC. The number of carbonyl (C=O) groups is 1. The van der Waals surface area contributed by atoms with Gasteiger partial charge in [-0.25, -0.2) is 0 Å². The summed E-state index contributed by atoms with van der Waals surface area (Å²) in [5.41, 5.74) is 1.12. The molecule has 1 aliphatic heterocycles. The summed E-state index contributed by atoms with van der Waals surface area (Å²) < 4.78 is 16.4. The van der Waals surface area contributed by atoms with Crippen LogP contribution in [0.15, 0.2) is 18.2 Å². The molecule has 0 radical (unpaired) electrons. The van der Waals surface area contributed by atoms with E-state index in [2.05, 4.69) is 16.3 Å².